The van der Waals surface area contributed by atoms with Crippen molar-refractivity contribution in [3.8, 4) is 17.1 Å². The number of sulfonamides is 1. The van der Waals surface area contributed by atoms with E-state index >= 15 is 0 Å². The Balaban J connectivity index is 1.64. The minimum Gasteiger partial charge on any atom is -0.493 e. The smallest absolute Gasteiger partial charge is 0.311 e. The maximum absolute atomic E-state index is 11.9. The molecule has 1 saturated carbocycles. The van der Waals surface area contributed by atoms with E-state index < -0.39 is 15.4 Å². The third-order valence-electron chi connectivity index (χ3n) is 6.13. The average molecular weight is 500 g/mol. The van der Waals surface area contributed by atoms with Crippen molar-refractivity contribution in [3.63, 3.8) is 0 Å². The highest BCUT2D eigenvalue weighted by Crippen LogP contribution is 2.44. The van der Waals surface area contributed by atoms with Gasteiger partial charge in [0.1, 0.15) is 6.26 Å². The molecule has 0 radical (unpaired) electrons. The summed E-state index contributed by atoms with van der Waals surface area (Å²) in [4.78, 5) is 20.7. The maximum Gasteiger partial charge on any atom is 0.311 e. The molecule has 1 aliphatic carbocycles. The molecule has 35 heavy (non-hydrogen) atoms. The van der Waals surface area contributed by atoms with Gasteiger partial charge in [0.05, 0.1) is 36.1 Å². The van der Waals surface area contributed by atoms with Crippen molar-refractivity contribution < 1.29 is 27.5 Å². The Hall–Kier alpha value is -3.24. The normalized spacial score (nSPS) is 20.1. The number of pyridine rings is 1. The van der Waals surface area contributed by atoms with E-state index in [1.165, 1.54) is 12.3 Å². The SMILES string of the molecule is CCOC(=O)Cc1coc([C@@]2(Cc3cccc(-c4cccc(O)n4)c3)CC[C@H](NS(C)(=O)=O)C2)n1. The second kappa shape index (κ2) is 10.2. The monoisotopic (exact) mass is 499 g/mol. The highest BCUT2D eigenvalue weighted by molar-refractivity contribution is 7.88. The van der Waals surface area contributed by atoms with Crippen LogP contribution in [0.15, 0.2) is 53.1 Å². The summed E-state index contributed by atoms with van der Waals surface area (Å²) in [6.45, 7) is 2.03. The molecule has 2 heterocycles. The van der Waals surface area contributed by atoms with Gasteiger partial charge in [-0.1, -0.05) is 24.3 Å². The average Bonchev–Trinajstić information content (AvgIpc) is 3.41. The number of nitrogens with one attached hydrogen (secondary N) is 1. The predicted octanol–water partition coefficient (Wildman–Crippen LogP) is 3.13. The van der Waals surface area contributed by atoms with Crippen LogP contribution in [-0.2, 0) is 37.8 Å². The first kappa shape index (κ1) is 24.9. The van der Waals surface area contributed by atoms with Crippen molar-refractivity contribution in [1.82, 2.24) is 14.7 Å². The minimum atomic E-state index is -3.37. The van der Waals surface area contributed by atoms with Gasteiger partial charge in [-0.3, -0.25) is 4.79 Å². The number of carbonyl (C=O) groups excluding carboxylic acids is 1. The molecule has 9 nitrogen and oxygen atoms in total. The number of rotatable bonds is 9. The summed E-state index contributed by atoms with van der Waals surface area (Å²) in [6, 6.07) is 12.7. The number of carbonyl (C=O) groups is 1. The summed E-state index contributed by atoms with van der Waals surface area (Å²) in [6.07, 6.45) is 5.00. The van der Waals surface area contributed by atoms with Gasteiger partial charge in [0.15, 0.2) is 0 Å². The molecule has 2 N–H and O–H groups in total. The highest BCUT2D eigenvalue weighted by Gasteiger charge is 2.45. The molecule has 1 aliphatic rings. The lowest BCUT2D eigenvalue weighted by molar-refractivity contribution is -0.142. The van der Waals surface area contributed by atoms with Crippen LogP contribution >= 0.6 is 0 Å². The van der Waals surface area contributed by atoms with Gasteiger partial charge in [-0.2, -0.15) is 0 Å². The molecule has 0 aliphatic heterocycles. The Morgan fingerprint density at radius 2 is 2.06 bits per heavy atom. The summed E-state index contributed by atoms with van der Waals surface area (Å²) in [5.74, 6) is 0.0509. The van der Waals surface area contributed by atoms with Crippen molar-refractivity contribution in [3.05, 3.63) is 65.9 Å². The number of aromatic hydroxyl groups is 1. The van der Waals surface area contributed by atoms with Crippen molar-refractivity contribution in [2.24, 2.45) is 0 Å². The van der Waals surface area contributed by atoms with Crippen molar-refractivity contribution in [2.75, 3.05) is 12.9 Å². The highest BCUT2D eigenvalue weighted by atomic mass is 32.2. The van der Waals surface area contributed by atoms with Gasteiger partial charge in [-0.15, -0.1) is 0 Å². The van der Waals surface area contributed by atoms with Crippen LogP contribution in [0.3, 0.4) is 0 Å². The molecular formula is C25H29N3O6S. The Labute approximate surface area is 204 Å². The van der Waals surface area contributed by atoms with Gasteiger partial charge in [0.2, 0.25) is 21.8 Å². The van der Waals surface area contributed by atoms with Crippen LogP contribution in [0.25, 0.3) is 11.3 Å². The molecule has 0 bridgehead atoms. The van der Waals surface area contributed by atoms with Crippen LogP contribution in [0.1, 0.15) is 43.3 Å². The fraction of sp³-hybridized carbons (Fsp3) is 0.400. The van der Waals surface area contributed by atoms with Crippen molar-refractivity contribution in [1.29, 1.82) is 0 Å². The van der Waals surface area contributed by atoms with E-state index in [1.807, 2.05) is 30.3 Å². The second-order valence-corrected chi connectivity index (χ2v) is 10.8. The standard InChI is InChI=1S/C25H29N3O6S/c1-3-33-23(30)13-20-16-34-24(26-20)25(11-10-19(15-25)28-35(2,31)32)14-17-6-4-7-18(12-17)21-8-5-9-22(29)27-21/h4-9,12,16,19,28H,3,10-11,13-15H2,1-2H3,(H,27,29)/t19-,25+/m0/s1. The summed E-state index contributed by atoms with van der Waals surface area (Å²) >= 11 is 0. The van der Waals surface area contributed by atoms with E-state index in [-0.39, 0.29) is 30.9 Å². The van der Waals surface area contributed by atoms with Gasteiger partial charge in [0, 0.05) is 17.7 Å². The molecule has 0 amide bonds. The molecular weight excluding hydrogens is 470 g/mol. The van der Waals surface area contributed by atoms with Gasteiger partial charge in [0.25, 0.3) is 0 Å². The third kappa shape index (κ3) is 6.26. The molecule has 1 aromatic carbocycles. The van der Waals surface area contributed by atoms with Crippen molar-refractivity contribution in [2.45, 2.75) is 50.5 Å². The quantitative estimate of drug-likeness (QED) is 0.429. The Morgan fingerprint density at radius 1 is 1.26 bits per heavy atom. The number of nitrogens with zero attached hydrogens (tertiary/aromatic N) is 2. The van der Waals surface area contributed by atoms with Crippen LogP contribution in [0.5, 0.6) is 5.88 Å². The minimum absolute atomic E-state index is 0.0110. The first-order valence-electron chi connectivity index (χ1n) is 11.5. The molecule has 0 spiro atoms. The van der Waals surface area contributed by atoms with Gasteiger partial charge >= 0.3 is 5.97 Å². The lowest BCUT2D eigenvalue weighted by Crippen LogP contribution is -2.35. The van der Waals surface area contributed by atoms with Crippen LogP contribution in [-0.4, -0.2) is 48.4 Å². The fourth-order valence-electron chi connectivity index (χ4n) is 4.77. The Kier molecular flexibility index (Phi) is 7.23. The molecule has 3 aromatic rings. The Morgan fingerprint density at radius 3 is 2.80 bits per heavy atom. The van der Waals surface area contributed by atoms with E-state index in [0.29, 0.717) is 43.0 Å². The molecule has 186 valence electrons. The lowest BCUT2D eigenvalue weighted by Gasteiger charge is -2.26. The number of hydrogen-bond donors (Lipinski definition) is 2. The summed E-state index contributed by atoms with van der Waals surface area (Å²) in [5, 5.41) is 9.76. The zero-order valence-electron chi connectivity index (χ0n) is 19.7. The first-order valence-corrected chi connectivity index (χ1v) is 13.4. The van der Waals surface area contributed by atoms with E-state index in [4.69, 9.17) is 9.15 Å². The van der Waals surface area contributed by atoms with E-state index in [2.05, 4.69) is 14.7 Å². The first-order chi connectivity index (χ1) is 16.7. The Bertz CT molecular complexity index is 1310. The van der Waals surface area contributed by atoms with Gasteiger partial charge < -0.3 is 14.3 Å². The number of hydrogen-bond acceptors (Lipinski definition) is 8. The number of esters is 1. The molecule has 0 unspecified atom stereocenters. The predicted molar refractivity (Wildman–Crippen MR) is 129 cm³/mol. The summed E-state index contributed by atoms with van der Waals surface area (Å²) in [5.41, 5.74) is 2.43. The van der Waals surface area contributed by atoms with Crippen LogP contribution in [0.2, 0.25) is 0 Å². The van der Waals surface area contributed by atoms with E-state index in [1.54, 1.807) is 13.0 Å². The number of benzene rings is 1. The van der Waals surface area contributed by atoms with Gasteiger partial charge in [-0.05, 0) is 50.3 Å². The van der Waals surface area contributed by atoms with E-state index in [9.17, 15) is 18.3 Å². The lowest BCUT2D eigenvalue weighted by atomic mass is 9.79. The van der Waals surface area contributed by atoms with Crippen LogP contribution < -0.4 is 4.72 Å². The molecule has 1 fully saturated rings. The second-order valence-electron chi connectivity index (χ2n) is 8.99. The molecule has 0 saturated heterocycles. The topological polar surface area (TPSA) is 132 Å². The number of oxazole rings is 1. The maximum atomic E-state index is 11.9. The van der Waals surface area contributed by atoms with Crippen LogP contribution in [0.4, 0.5) is 0 Å². The number of ether oxygens (including phenoxy) is 1. The van der Waals surface area contributed by atoms with E-state index in [0.717, 1.165) is 17.4 Å². The molecule has 2 atom stereocenters. The summed E-state index contributed by atoms with van der Waals surface area (Å²) in [7, 11) is -3.37. The largest absolute Gasteiger partial charge is 0.493 e. The fourth-order valence-corrected chi connectivity index (χ4v) is 5.57. The zero-order valence-corrected chi connectivity index (χ0v) is 20.5. The summed E-state index contributed by atoms with van der Waals surface area (Å²) < 4.78 is 37.4. The molecule has 10 heteroatoms. The van der Waals surface area contributed by atoms with Gasteiger partial charge in [-0.25, -0.2) is 23.1 Å². The van der Waals surface area contributed by atoms with Crippen molar-refractivity contribution >= 4 is 16.0 Å². The number of aromatic nitrogens is 2. The molecule has 2 aromatic heterocycles. The third-order valence-corrected chi connectivity index (χ3v) is 6.89. The van der Waals surface area contributed by atoms with Crippen LogP contribution in [0, 0.1) is 0 Å². The molecule has 4 rings (SSSR count). The zero-order chi connectivity index (χ0) is 25.1.